The van der Waals surface area contributed by atoms with Crippen LogP contribution in [-0.2, 0) is 15.6 Å². The lowest BCUT2D eigenvalue weighted by Crippen LogP contribution is -2.22. The number of thiazole rings is 1. The number of sulfone groups is 1. The number of nitrogens with zero attached hydrogens (tertiary/aromatic N) is 2. The smallest absolute Gasteiger partial charge is 0.325 e. The van der Waals surface area contributed by atoms with E-state index in [0.29, 0.717) is 22.0 Å². The second kappa shape index (κ2) is 11.9. The molecule has 202 valence electrons. The Labute approximate surface area is 238 Å². The Morgan fingerprint density at radius 1 is 1.10 bits per heavy atom. The molecular formula is C26H24ClN5O4S3. The molecule has 1 aliphatic carbocycles. The zero-order chi connectivity index (χ0) is 27.4. The largest absolute Gasteiger partial charge is 0.335 e. The molecule has 2 heterocycles. The van der Waals surface area contributed by atoms with Gasteiger partial charge in [0.2, 0.25) is 5.16 Å². The van der Waals surface area contributed by atoms with Crippen molar-refractivity contribution in [1.29, 1.82) is 0 Å². The summed E-state index contributed by atoms with van der Waals surface area (Å²) in [6.45, 7) is 0. The van der Waals surface area contributed by atoms with Gasteiger partial charge >= 0.3 is 6.03 Å². The number of hydrogen-bond donors (Lipinski definition) is 3. The Kier molecular flexibility index (Phi) is 8.36. The highest BCUT2D eigenvalue weighted by molar-refractivity contribution is 7.98. The number of anilines is 2. The fraction of sp³-hybridized carbons (Fsp3) is 0.231. The molecule has 4 aromatic rings. The number of aromatic nitrogens is 3. The zero-order valence-electron chi connectivity index (χ0n) is 20.5. The topological polar surface area (TPSA) is 134 Å². The third kappa shape index (κ3) is 6.35. The fourth-order valence-electron chi connectivity index (χ4n) is 4.33. The number of Topliss-reactive ketones (excluding diaryl/α,β-unsaturated/α-hetero) is 1. The summed E-state index contributed by atoms with van der Waals surface area (Å²) in [6, 6.07) is 13.6. The number of rotatable bonds is 9. The molecule has 0 atom stereocenters. The summed E-state index contributed by atoms with van der Waals surface area (Å²) in [5.41, 5.74) is 0.975. The SMILES string of the molecule is O=C(Nc1nc(CSc2ccccc2)c(S(=O)(=O)c2ncc[nH]2)s1)Nc1ccc(Cl)cc1C(=O)C1CCCC1. The molecule has 0 aliphatic heterocycles. The highest BCUT2D eigenvalue weighted by Crippen LogP contribution is 2.35. The number of halogens is 1. The van der Waals surface area contributed by atoms with Crippen LogP contribution < -0.4 is 10.6 Å². The number of nitrogens with one attached hydrogen (secondary N) is 3. The van der Waals surface area contributed by atoms with Gasteiger partial charge in [-0.25, -0.2) is 23.2 Å². The van der Waals surface area contributed by atoms with Crippen LogP contribution in [0.15, 0.2) is 75.2 Å². The average molecular weight is 602 g/mol. The van der Waals surface area contributed by atoms with Crippen LogP contribution in [0.5, 0.6) is 0 Å². The van der Waals surface area contributed by atoms with Crippen molar-refractivity contribution in [2.24, 2.45) is 5.92 Å². The van der Waals surface area contributed by atoms with Crippen LogP contribution >= 0.6 is 34.7 Å². The van der Waals surface area contributed by atoms with Crippen molar-refractivity contribution in [3.05, 3.63) is 77.2 Å². The number of carbonyl (C=O) groups excluding carboxylic acids is 2. The van der Waals surface area contributed by atoms with Crippen LogP contribution in [0.1, 0.15) is 41.7 Å². The van der Waals surface area contributed by atoms with Gasteiger partial charge in [-0.3, -0.25) is 10.1 Å². The molecular weight excluding hydrogens is 578 g/mol. The van der Waals surface area contributed by atoms with E-state index in [1.54, 1.807) is 18.2 Å². The third-order valence-corrected chi connectivity index (χ3v) is 10.6. The highest BCUT2D eigenvalue weighted by Gasteiger charge is 2.29. The van der Waals surface area contributed by atoms with Gasteiger partial charge in [-0.05, 0) is 43.2 Å². The van der Waals surface area contributed by atoms with Gasteiger partial charge in [0, 0.05) is 39.5 Å². The van der Waals surface area contributed by atoms with Gasteiger partial charge in [0.1, 0.15) is 0 Å². The number of H-pyrrole nitrogens is 1. The molecule has 5 rings (SSSR count). The number of ketones is 1. The molecule has 2 aromatic heterocycles. The molecule has 0 spiro atoms. The standard InChI is InChI=1S/C26H24ClN5O4S3/c27-17-10-11-20(19(14-17)22(33)16-6-4-5-7-16)30-24(34)32-25-31-21(15-37-18-8-2-1-3-9-18)23(38-25)39(35,36)26-28-12-13-29-26/h1-3,8-14,16H,4-7,15H2,(H,28,29)(H2,30,31,32,34). The van der Waals surface area contributed by atoms with Crippen molar-refractivity contribution in [3.63, 3.8) is 0 Å². The van der Waals surface area contributed by atoms with Crippen LogP contribution in [0.2, 0.25) is 5.02 Å². The molecule has 13 heteroatoms. The van der Waals surface area contributed by atoms with E-state index in [-0.39, 0.29) is 32.0 Å². The second-order valence-corrected chi connectivity index (χ2v) is 13.4. The number of amides is 2. The van der Waals surface area contributed by atoms with Gasteiger partial charge in [-0.1, -0.05) is 54.0 Å². The highest BCUT2D eigenvalue weighted by atomic mass is 35.5. The quantitative estimate of drug-likeness (QED) is 0.144. The Balaban J connectivity index is 1.38. The van der Waals surface area contributed by atoms with Crippen molar-refractivity contribution in [2.45, 2.75) is 45.7 Å². The predicted molar refractivity (Wildman–Crippen MR) is 153 cm³/mol. The van der Waals surface area contributed by atoms with Crippen LogP contribution in [0.25, 0.3) is 0 Å². The predicted octanol–water partition coefficient (Wildman–Crippen LogP) is 6.66. The van der Waals surface area contributed by atoms with E-state index in [4.69, 9.17) is 11.6 Å². The molecule has 2 aromatic carbocycles. The summed E-state index contributed by atoms with van der Waals surface area (Å²) >= 11 is 8.42. The molecule has 1 fully saturated rings. The Morgan fingerprint density at radius 3 is 2.59 bits per heavy atom. The Morgan fingerprint density at radius 2 is 1.87 bits per heavy atom. The lowest BCUT2D eigenvalue weighted by molar-refractivity contribution is 0.0923. The van der Waals surface area contributed by atoms with E-state index >= 15 is 0 Å². The number of thioether (sulfide) groups is 1. The molecule has 3 N–H and O–H groups in total. The minimum Gasteiger partial charge on any atom is -0.335 e. The summed E-state index contributed by atoms with van der Waals surface area (Å²) in [5, 5.41) is 5.62. The second-order valence-electron chi connectivity index (χ2n) is 8.87. The Bertz CT molecular complexity index is 1590. The maximum Gasteiger partial charge on any atom is 0.325 e. The zero-order valence-corrected chi connectivity index (χ0v) is 23.7. The van der Waals surface area contributed by atoms with E-state index in [1.807, 2.05) is 30.3 Å². The number of benzene rings is 2. The first kappa shape index (κ1) is 27.4. The van der Waals surface area contributed by atoms with Gasteiger partial charge < -0.3 is 10.3 Å². The van der Waals surface area contributed by atoms with Crippen molar-refractivity contribution < 1.29 is 18.0 Å². The lowest BCUT2D eigenvalue weighted by atomic mass is 9.95. The van der Waals surface area contributed by atoms with E-state index < -0.39 is 15.9 Å². The summed E-state index contributed by atoms with van der Waals surface area (Å²) < 4.78 is 26.6. The molecule has 0 radical (unpaired) electrons. The molecule has 1 saturated carbocycles. The van der Waals surface area contributed by atoms with Gasteiger partial charge in [0.25, 0.3) is 9.84 Å². The van der Waals surface area contributed by atoms with E-state index in [1.165, 1.54) is 24.2 Å². The average Bonchev–Trinajstić information content (AvgIpc) is 3.71. The normalized spacial score (nSPS) is 13.9. The van der Waals surface area contributed by atoms with E-state index in [9.17, 15) is 18.0 Å². The summed E-state index contributed by atoms with van der Waals surface area (Å²) in [7, 11) is -3.99. The van der Waals surface area contributed by atoms with Crippen molar-refractivity contribution >= 4 is 67.2 Å². The number of urea groups is 1. The summed E-state index contributed by atoms with van der Waals surface area (Å²) in [6.07, 6.45) is 6.40. The van der Waals surface area contributed by atoms with Gasteiger partial charge in [0.15, 0.2) is 15.1 Å². The van der Waals surface area contributed by atoms with Crippen molar-refractivity contribution in [2.75, 3.05) is 10.6 Å². The maximum atomic E-state index is 13.3. The maximum absolute atomic E-state index is 13.3. The number of imidazole rings is 1. The van der Waals surface area contributed by atoms with Crippen molar-refractivity contribution in [3.8, 4) is 0 Å². The van der Waals surface area contributed by atoms with Crippen LogP contribution in [-0.4, -0.2) is 35.2 Å². The molecule has 0 unspecified atom stereocenters. The lowest BCUT2D eigenvalue weighted by Gasteiger charge is -2.14. The van der Waals surface area contributed by atoms with Crippen LogP contribution in [0.4, 0.5) is 15.6 Å². The third-order valence-electron chi connectivity index (χ3n) is 6.19. The van der Waals surface area contributed by atoms with Gasteiger partial charge in [-0.2, -0.15) is 0 Å². The monoisotopic (exact) mass is 601 g/mol. The summed E-state index contributed by atoms with van der Waals surface area (Å²) in [4.78, 5) is 38.0. The van der Waals surface area contributed by atoms with Crippen LogP contribution in [0.3, 0.4) is 0 Å². The number of carbonyl (C=O) groups is 2. The first-order chi connectivity index (χ1) is 18.8. The van der Waals surface area contributed by atoms with Gasteiger partial charge in [0.05, 0.1) is 11.4 Å². The van der Waals surface area contributed by atoms with E-state index in [0.717, 1.165) is 41.9 Å². The van der Waals surface area contributed by atoms with Crippen molar-refractivity contribution in [1.82, 2.24) is 15.0 Å². The molecule has 1 aliphatic rings. The molecule has 0 bridgehead atoms. The number of aromatic amines is 1. The summed E-state index contributed by atoms with van der Waals surface area (Å²) in [5.74, 6) is 0.118. The minimum absolute atomic E-state index is 0.0141. The first-order valence-electron chi connectivity index (χ1n) is 12.1. The molecule has 39 heavy (non-hydrogen) atoms. The van der Waals surface area contributed by atoms with Gasteiger partial charge in [-0.15, -0.1) is 11.8 Å². The Hall–Kier alpha value is -3.19. The van der Waals surface area contributed by atoms with E-state index in [2.05, 4.69) is 25.6 Å². The minimum atomic E-state index is -3.99. The fourth-order valence-corrected chi connectivity index (χ4v) is 8.20. The molecule has 2 amide bonds. The molecule has 9 nitrogen and oxygen atoms in total. The first-order valence-corrected chi connectivity index (χ1v) is 15.8. The number of hydrogen-bond acceptors (Lipinski definition) is 8. The van der Waals surface area contributed by atoms with Crippen LogP contribution in [0, 0.1) is 5.92 Å². The molecule has 0 saturated heterocycles.